The molecule has 5 aliphatic rings. The Morgan fingerprint density at radius 2 is 1.89 bits per heavy atom. The highest BCUT2D eigenvalue weighted by molar-refractivity contribution is 6.34. The van der Waals surface area contributed by atoms with E-state index in [0.29, 0.717) is 11.6 Å². The summed E-state index contributed by atoms with van der Waals surface area (Å²) in [5, 5.41) is 24.9. The van der Waals surface area contributed by atoms with Gasteiger partial charge in [-0.05, 0) is 85.0 Å². The third kappa shape index (κ3) is 2.95. The maximum Gasteiger partial charge on any atom is 0.136 e. The summed E-state index contributed by atoms with van der Waals surface area (Å²) in [5.41, 5.74) is 3.44. The molecular weight excluding hydrogens is 496 g/mol. The van der Waals surface area contributed by atoms with Gasteiger partial charge >= 0.3 is 0 Å². The maximum atomic E-state index is 11.3. The molecule has 3 heterocycles. The van der Waals surface area contributed by atoms with Gasteiger partial charge in [-0.2, -0.15) is 0 Å². The minimum atomic E-state index is -0.916. The van der Waals surface area contributed by atoms with Crippen molar-refractivity contribution in [1.29, 1.82) is 0 Å². The van der Waals surface area contributed by atoms with E-state index in [1.807, 2.05) is 25.1 Å². The number of allylic oxidation sites excluding steroid dienone is 3. The van der Waals surface area contributed by atoms with E-state index in [1.54, 1.807) is 6.20 Å². The van der Waals surface area contributed by atoms with Gasteiger partial charge in [0.15, 0.2) is 0 Å². The van der Waals surface area contributed by atoms with Crippen molar-refractivity contribution in [1.82, 2.24) is 9.88 Å². The highest BCUT2D eigenvalue weighted by Gasteiger charge is 2.70. The number of benzene rings is 1. The van der Waals surface area contributed by atoms with Crippen LogP contribution in [0.4, 0.5) is 0 Å². The number of aliphatic hydroxyl groups is 2. The molecule has 2 fully saturated rings. The number of aromatic nitrogens is 1. The van der Waals surface area contributed by atoms with Crippen molar-refractivity contribution in [3.63, 3.8) is 0 Å². The molecule has 200 valence electrons. The number of rotatable bonds is 2. The first-order valence-corrected chi connectivity index (χ1v) is 14.2. The van der Waals surface area contributed by atoms with Gasteiger partial charge in [-0.1, -0.05) is 62.7 Å². The van der Waals surface area contributed by atoms with E-state index in [4.69, 9.17) is 16.3 Å². The second kappa shape index (κ2) is 7.80. The molecule has 2 bridgehead atoms. The number of pyridine rings is 1. The fourth-order valence-corrected chi connectivity index (χ4v) is 9.05. The Hall–Kier alpha value is -2.02. The number of likely N-dealkylation sites (N-methyl/N-ethyl adjacent to an activating group) is 1. The van der Waals surface area contributed by atoms with E-state index in [1.165, 1.54) is 16.7 Å². The third-order valence-electron chi connectivity index (χ3n) is 11.1. The standard InChI is InChI=1S/C32H37ClN2O3/c1-29(2)16-20-15-23-26(36)27(37)24(35(4)5)17-31(23)11-12-32(20,38-31)25-9-8-22(30(25,29)3)19-6-7-21-18(14-19)10-13-34-28(21)33/h6-8,10,13-16,24-27,36-37H,9,11-12,17H2,1-5H3/t24-,25?,26+,27+,30+,31+,32+/m0/s1. The van der Waals surface area contributed by atoms with Crippen molar-refractivity contribution in [2.75, 3.05) is 14.1 Å². The average Bonchev–Trinajstić information content (AvgIpc) is 3.40. The predicted molar refractivity (Wildman–Crippen MR) is 151 cm³/mol. The van der Waals surface area contributed by atoms with E-state index in [9.17, 15) is 10.2 Å². The maximum absolute atomic E-state index is 11.3. The lowest BCUT2D eigenvalue weighted by Gasteiger charge is -2.60. The fraction of sp³-hybridized carbons (Fsp3) is 0.531. The zero-order valence-corrected chi connectivity index (χ0v) is 23.6. The van der Waals surface area contributed by atoms with Crippen LogP contribution in [0.15, 0.2) is 59.8 Å². The summed E-state index contributed by atoms with van der Waals surface area (Å²) in [5.74, 6) is 0.274. The van der Waals surface area contributed by atoms with Crippen molar-refractivity contribution in [2.45, 2.75) is 75.9 Å². The summed E-state index contributed by atoms with van der Waals surface area (Å²) < 4.78 is 7.33. The molecule has 7 atom stereocenters. The molecule has 3 aliphatic carbocycles. The summed E-state index contributed by atoms with van der Waals surface area (Å²) in [4.78, 5) is 6.28. The molecule has 1 saturated heterocycles. The summed E-state index contributed by atoms with van der Waals surface area (Å²) in [6, 6.07) is 8.43. The van der Waals surface area contributed by atoms with Crippen LogP contribution < -0.4 is 0 Å². The number of hydrogen-bond acceptors (Lipinski definition) is 5. The minimum Gasteiger partial charge on any atom is -0.388 e. The molecule has 5 nitrogen and oxygen atoms in total. The van der Waals surface area contributed by atoms with Crippen LogP contribution in [0.5, 0.6) is 0 Å². The first-order valence-electron chi connectivity index (χ1n) is 13.9. The molecule has 2 N–H and O–H groups in total. The molecule has 2 aromatic rings. The van der Waals surface area contributed by atoms with Gasteiger partial charge in [0.1, 0.15) is 11.3 Å². The summed E-state index contributed by atoms with van der Waals surface area (Å²) in [6.45, 7) is 7.10. The highest BCUT2D eigenvalue weighted by Crippen LogP contribution is 2.71. The zero-order valence-electron chi connectivity index (χ0n) is 22.8. The Labute approximate surface area is 229 Å². The third-order valence-corrected chi connectivity index (χ3v) is 11.4. The molecule has 1 saturated carbocycles. The first-order chi connectivity index (χ1) is 17.9. The van der Waals surface area contributed by atoms with Crippen molar-refractivity contribution in [3.05, 3.63) is 70.6 Å². The van der Waals surface area contributed by atoms with E-state index in [0.717, 1.165) is 35.6 Å². The van der Waals surface area contributed by atoms with E-state index in [2.05, 4.69) is 62.2 Å². The van der Waals surface area contributed by atoms with Crippen molar-refractivity contribution in [3.8, 4) is 0 Å². The molecule has 2 aliphatic heterocycles. The molecule has 1 aromatic carbocycles. The quantitative estimate of drug-likeness (QED) is 0.497. The van der Waals surface area contributed by atoms with Gasteiger partial charge in [-0.3, -0.25) is 0 Å². The molecule has 2 spiro atoms. The number of hydrogen-bond donors (Lipinski definition) is 2. The van der Waals surface area contributed by atoms with Crippen LogP contribution in [0.25, 0.3) is 16.3 Å². The molecule has 1 unspecified atom stereocenters. The highest BCUT2D eigenvalue weighted by atomic mass is 35.5. The van der Waals surface area contributed by atoms with Crippen LogP contribution in [-0.2, 0) is 4.74 Å². The average molecular weight is 533 g/mol. The molecule has 6 heteroatoms. The molecule has 38 heavy (non-hydrogen) atoms. The van der Waals surface area contributed by atoms with Gasteiger partial charge in [0, 0.05) is 29.0 Å². The number of ether oxygens (including phenoxy) is 1. The Morgan fingerprint density at radius 3 is 2.66 bits per heavy atom. The second-order valence-corrected chi connectivity index (χ2v) is 13.6. The smallest absolute Gasteiger partial charge is 0.136 e. The topological polar surface area (TPSA) is 65.8 Å². The minimum absolute atomic E-state index is 0.147. The Kier molecular flexibility index (Phi) is 5.12. The monoisotopic (exact) mass is 532 g/mol. The summed E-state index contributed by atoms with van der Waals surface area (Å²) >= 11 is 6.38. The fourth-order valence-electron chi connectivity index (χ4n) is 8.82. The van der Waals surface area contributed by atoms with Crippen LogP contribution >= 0.6 is 11.6 Å². The van der Waals surface area contributed by atoms with Crippen molar-refractivity contribution in [2.24, 2.45) is 16.7 Å². The second-order valence-electron chi connectivity index (χ2n) is 13.2. The summed E-state index contributed by atoms with van der Waals surface area (Å²) in [6.07, 6.45) is 10.5. The van der Waals surface area contributed by atoms with Crippen LogP contribution in [0.3, 0.4) is 0 Å². The number of nitrogens with zero attached hydrogens (tertiary/aromatic N) is 2. The lowest BCUT2D eigenvalue weighted by Crippen LogP contribution is -2.63. The molecule has 7 rings (SSSR count). The Balaban J connectivity index is 1.36. The number of aliphatic hydroxyl groups excluding tert-OH is 2. The van der Waals surface area contributed by atoms with Crippen LogP contribution in [0.1, 0.15) is 52.0 Å². The van der Waals surface area contributed by atoms with Crippen molar-refractivity contribution < 1.29 is 14.9 Å². The molecule has 0 amide bonds. The Morgan fingerprint density at radius 1 is 1.11 bits per heavy atom. The van der Waals surface area contributed by atoms with Crippen LogP contribution in [0, 0.1) is 16.7 Å². The van der Waals surface area contributed by atoms with Gasteiger partial charge in [-0.25, -0.2) is 4.98 Å². The van der Waals surface area contributed by atoms with E-state index >= 15 is 0 Å². The molecule has 0 radical (unpaired) electrons. The van der Waals surface area contributed by atoms with Gasteiger partial charge in [0.05, 0.1) is 17.3 Å². The molecular formula is C32H37ClN2O3. The SMILES string of the molecule is CN(C)[C@H]1C[C@@]23CC[C@@]4(O2)C(=CC(C)(C)[C@]2(C)C(c5ccc6c(Cl)nccc6c5)=CCC42)C=C3[C@@H](O)[C@@H]1O. The normalized spacial score (nSPS) is 40.8. The molecule has 1 aromatic heterocycles. The Bertz CT molecular complexity index is 1460. The lowest BCUT2D eigenvalue weighted by atomic mass is 9.49. The van der Waals surface area contributed by atoms with E-state index in [-0.39, 0.29) is 22.8 Å². The lowest BCUT2D eigenvalue weighted by molar-refractivity contribution is -0.170. The van der Waals surface area contributed by atoms with Crippen molar-refractivity contribution >= 4 is 27.9 Å². The first kappa shape index (κ1) is 25.0. The number of halogens is 1. The number of fused-ring (bicyclic) bond motifs is 2. The van der Waals surface area contributed by atoms with Crippen LogP contribution in [-0.4, -0.2) is 63.6 Å². The predicted octanol–water partition coefficient (Wildman–Crippen LogP) is 5.55. The largest absolute Gasteiger partial charge is 0.388 e. The van der Waals surface area contributed by atoms with Gasteiger partial charge < -0.3 is 19.8 Å². The van der Waals surface area contributed by atoms with Gasteiger partial charge in [-0.15, -0.1) is 0 Å². The van der Waals surface area contributed by atoms with Crippen LogP contribution in [0.2, 0.25) is 5.15 Å². The van der Waals surface area contributed by atoms with E-state index < -0.39 is 23.4 Å². The van der Waals surface area contributed by atoms with Gasteiger partial charge in [0.2, 0.25) is 0 Å². The zero-order chi connectivity index (χ0) is 26.8. The van der Waals surface area contributed by atoms with Gasteiger partial charge in [0.25, 0.3) is 0 Å². The summed E-state index contributed by atoms with van der Waals surface area (Å²) in [7, 11) is 3.95.